The summed E-state index contributed by atoms with van der Waals surface area (Å²) in [7, 11) is 3.16. The second-order valence-corrected chi connectivity index (χ2v) is 4.58. The van der Waals surface area contributed by atoms with Crippen LogP contribution < -0.4 is 14.2 Å². The summed E-state index contributed by atoms with van der Waals surface area (Å²) < 4.78 is 15.9. The molecule has 0 aliphatic rings. The Kier molecular flexibility index (Phi) is 6.52. The van der Waals surface area contributed by atoms with Crippen molar-refractivity contribution in [1.29, 1.82) is 0 Å². The van der Waals surface area contributed by atoms with Crippen LogP contribution in [-0.4, -0.2) is 26.2 Å². The average Bonchev–Trinajstić information content (AvgIpc) is 2.35. The summed E-state index contributed by atoms with van der Waals surface area (Å²) >= 11 is 9.45. The lowest BCUT2D eigenvalue weighted by Crippen LogP contribution is -1.99. The molecule has 3 nitrogen and oxygen atoms in total. The van der Waals surface area contributed by atoms with Crippen molar-refractivity contribution in [2.75, 3.05) is 26.2 Å². The Hall–Kier alpha value is -0.610. The molecule has 0 bridgehead atoms. The maximum absolute atomic E-state index is 6.08. The fourth-order valence-corrected chi connectivity index (χ4v) is 1.93. The van der Waals surface area contributed by atoms with Crippen LogP contribution in [-0.2, 0) is 0 Å². The molecule has 5 heteroatoms. The lowest BCUT2D eigenvalue weighted by molar-refractivity contribution is 0.304. The van der Waals surface area contributed by atoms with E-state index in [0.717, 1.165) is 18.2 Å². The highest BCUT2D eigenvalue weighted by molar-refractivity contribution is 9.09. The van der Waals surface area contributed by atoms with E-state index in [1.54, 1.807) is 26.4 Å². The molecule has 0 N–H and O–H groups in total. The molecule has 0 fully saturated rings. The van der Waals surface area contributed by atoms with Gasteiger partial charge in [-0.25, -0.2) is 0 Å². The third kappa shape index (κ3) is 4.28. The van der Waals surface area contributed by atoms with Gasteiger partial charge in [0.05, 0.1) is 25.8 Å². The molecule has 0 saturated carbocycles. The highest BCUT2D eigenvalue weighted by atomic mass is 79.9. The summed E-state index contributed by atoms with van der Waals surface area (Å²) in [5.41, 5.74) is 0. The average molecular weight is 324 g/mol. The third-order valence-electron chi connectivity index (χ3n) is 2.22. The van der Waals surface area contributed by atoms with Crippen LogP contribution in [0.3, 0.4) is 0 Å². The topological polar surface area (TPSA) is 27.7 Å². The molecule has 0 unspecified atom stereocenters. The SMILES string of the molecule is COc1cc(Cl)c(OCCCCBr)cc1OC. The van der Waals surface area contributed by atoms with E-state index in [-0.39, 0.29) is 0 Å². The van der Waals surface area contributed by atoms with Gasteiger partial charge in [-0.3, -0.25) is 0 Å². The van der Waals surface area contributed by atoms with Gasteiger partial charge >= 0.3 is 0 Å². The van der Waals surface area contributed by atoms with Gasteiger partial charge in [-0.1, -0.05) is 27.5 Å². The molecule has 0 radical (unpaired) electrons. The minimum Gasteiger partial charge on any atom is -0.493 e. The number of alkyl halides is 1. The van der Waals surface area contributed by atoms with E-state index in [9.17, 15) is 0 Å². The first-order valence-corrected chi connectivity index (χ1v) is 6.83. The van der Waals surface area contributed by atoms with Crippen molar-refractivity contribution in [3.8, 4) is 17.2 Å². The van der Waals surface area contributed by atoms with Crippen LogP contribution in [0.25, 0.3) is 0 Å². The molecule has 17 heavy (non-hydrogen) atoms. The number of hydrogen-bond acceptors (Lipinski definition) is 3. The number of benzene rings is 1. The molecule has 0 aliphatic heterocycles. The Bertz CT molecular complexity index is 358. The molecule has 0 heterocycles. The van der Waals surface area contributed by atoms with Crippen molar-refractivity contribution in [1.82, 2.24) is 0 Å². The Morgan fingerprint density at radius 2 is 1.71 bits per heavy atom. The largest absolute Gasteiger partial charge is 0.493 e. The summed E-state index contributed by atoms with van der Waals surface area (Å²) in [6, 6.07) is 3.44. The lowest BCUT2D eigenvalue weighted by Gasteiger charge is -2.12. The minimum absolute atomic E-state index is 0.529. The van der Waals surface area contributed by atoms with E-state index < -0.39 is 0 Å². The second-order valence-electron chi connectivity index (χ2n) is 3.38. The zero-order chi connectivity index (χ0) is 12.7. The smallest absolute Gasteiger partial charge is 0.164 e. The molecule has 0 amide bonds. The molecule has 1 rings (SSSR count). The van der Waals surface area contributed by atoms with Crippen LogP contribution in [0, 0.1) is 0 Å². The number of ether oxygens (including phenoxy) is 3. The highest BCUT2D eigenvalue weighted by Crippen LogP contribution is 2.37. The summed E-state index contributed by atoms with van der Waals surface area (Å²) in [5, 5.41) is 1.51. The van der Waals surface area contributed by atoms with Crippen LogP contribution in [0.2, 0.25) is 5.02 Å². The van der Waals surface area contributed by atoms with E-state index in [1.807, 2.05) is 0 Å². The van der Waals surface area contributed by atoms with Gasteiger partial charge < -0.3 is 14.2 Å². The first-order chi connectivity index (χ1) is 8.22. The van der Waals surface area contributed by atoms with Crippen LogP contribution in [0.4, 0.5) is 0 Å². The van der Waals surface area contributed by atoms with Gasteiger partial charge in [0.2, 0.25) is 0 Å². The standard InChI is InChI=1S/C12H16BrClO3/c1-15-11-7-9(14)10(8-12(11)16-2)17-6-4-3-5-13/h7-8H,3-6H2,1-2H3. The number of rotatable bonds is 7. The predicted octanol–water partition coefficient (Wildman–Crippen LogP) is 3.91. The zero-order valence-corrected chi connectivity index (χ0v) is 12.3. The molecule has 0 saturated heterocycles. The number of unbranched alkanes of at least 4 members (excludes halogenated alkanes) is 1. The molecule has 0 aromatic heterocycles. The van der Waals surface area contributed by atoms with Crippen molar-refractivity contribution in [2.45, 2.75) is 12.8 Å². The van der Waals surface area contributed by atoms with E-state index in [1.165, 1.54) is 0 Å². The second kappa shape index (κ2) is 7.67. The highest BCUT2D eigenvalue weighted by Gasteiger charge is 2.10. The normalized spacial score (nSPS) is 10.1. The fourth-order valence-electron chi connectivity index (χ4n) is 1.32. The Morgan fingerprint density at radius 1 is 1.06 bits per heavy atom. The van der Waals surface area contributed by atoms with Crippen molar-refractivity contribution < 1.29 is 14.2 Å². The summed E-state index contributed by atoms with van der Waals surface area (Å²) in [6.45, 7) is 0.640. The van der Waals surface area contributed by atoms with Crippen molar-refractivity contribution in [3.63, 3.8) is 0 Å². The molecule has 96 valence electrons. The molecule has 0 atom stereocenters. The Morgan fingerprint density at radius 3 is 2.29 bits per heavy atom. The number of methoxy groups -OCH3 is 2. The van der Waals surface area contributed by atoms with Crippen molar-refractivity contribution in [2.24, 2.45) is 0 Å². The molecule has 0 aliphatic carbocycles. The van der Waals surface area contributed by atoms with Gasteiger partial charge in [-0.05, 0) is 12.8 Å². The van der Waals surface area contributed by atoms with Gasteiger partial charge in [0, 0.05) is 17.5 Å². The molecule has 1 aromatic carbocycles. The maximum atomic E-state index is 6.08. The molecule has 0 spiro atoms. The van der Waals surface area contributed by atoms with E-state index in [0.29, 0.717) is 28.9 Å². The van der Waals surface area contributed by atoms with E-state index >= 15 is 0 Å². The predicted molar refractivity (Wildman–Crippen MR) is 73.1 cm³/mol. The minimum atomic E-state index is 0.529. The van der Waals surface area contributed by atoms with Crippen LogP contribution in [0.1, 0.15) is 12.8 Å². The molecular formula is C12H16BrClO3. The van der Waals surface area contributed by atoms with Crippen LogP contribution in [0.15, 0.2) is 12.1 Å². The zero-order valence-electron chi connectivity index (χ0n) is 9.96. The third-order valence-corrected chi connectivity index (χ3v) is 3.08. The van der Waals surface area contributed by atoms with Gasteiger partial charge in [0.25, 0.3) is 0 Å². The van der Waals surface area contributed by atoms with E-state index in [4.69, 9.17) is 25.8 Å². The van der Waals surface area contributed by atoms with Gasteiger partial charge in [0.1, 0.15) is 5.75 Å². The Labute approximate surface area is 115 Å². The quantitative estimate of drug-likeness (QED) is 0.562. The number of halogens is 2. The summed E-state index contributed by atoms with van der Waals surface area (Å²) in [4.78, 5) is 0. The lowest BCUT2D eigenvalue weighted by atomic mass is 10.3. The monoisotopic (exact) mass is 322 g/mol. The summed E-state index contributed by atoms with van der Waals surface area (Å²) in [5.74, 6) is 1.84. The van der Waals surface area contributed by atoms with Crippen molar-refractivity contribution >= 4 is 27.5 Å². The van der Waals surface area contributed by atoms with Crippen LogP contribution in [0.5, 0.6) is 17.2 Å². The van der Waals surface area contributed by atoms with E-state index in [2.05, 4.69) is 15.9 Å². The van der Waals surface area contributed by atoms with Gasteiger partial charge in [0.15, 0.2) is 11.5 Å². The first kappa shape index (κ1) is 14.5. The molecule has 1 aromatic rings. The maximum Gasteiger partial charge on any atom is 0.164 e. The number of hydrogen-bond donors (Lipinski definition) is 0. The molecular weight excluding hydrogens is 307 g/mol. The van der Waals surface area contributed by atoms with Gasteiger partial charge in [-0.15, -0.1) is 0 Å². The fraction of sp³-hybridized carbons (Fsp3) is 0.500. The van der Waals surface area contributed by atoms with Crippen molar-refractivity contribution in [3.05, 3.63) is 17.2 Å². The van der Waals surface area contributed by atoms with Crippen LogP contribution >= 0.6 is 27.5 Å². The van der Waals surface area contributed by atoms with Gasteiger partial charge in [-0.2, -0.15) is 0 Å². The first-order valence-electron chi connectivity index (χ1n) is 5.33. The summed E-state index contributed by atoms with van der Waals surface area (Å²) in [6.07, 6.45) is 2.06. The Balaban J connectivity index is 2.71.